The normalized spacial score (nSPS) is 14.9. The van der Waals surface area contributed by atoms with E-state index in [1.807, 2.05) is 6.21 Å². The highest BCUT2D eigenvalue weighted by molar-refractivity contribution is 5.82. The Hall–Kier alpha value is -2.33. The minimum Gasteiger partial charge on any atom is -0.378 e. The molecule has 0 aliphatic carbocycles. The molecule has 0 spiro atoms. The van der Waals surface area contributed by atoms with E-state index in [4.69, 9.17) is 4.74 Å². The molecule has 2 aromatic carbocycles. The Morgan fingerprint density at radius 3 is 2.20 bits per heavy atom. The molecule has 0 radical (unpaired) electrons. The van der Waals surface area contributed by atoms with Crippen molar-refractivity contribution in [2.45, 2.75) is 13.8 Å². The van der Waals surface area contributed by atoms with Crippen molar-refractivity contribution in [1.82, 2.24) is 0 Å². The number of ether oxygens (including phenoxy) is 1. The van der Waals surface area contributed by atoms with Gasteiger partial charge in [-0.05, 0) is 55.8 Å². The Balaban J connectivity index is 1.63. The summed E-state index contributed by atoms with van der Waals surface area (Å²) < 4.78 is 5.40. The topological polar surface area (TPSA) is 28.1 Å². The van der Waals surface area contributed by atoms with Crippen molar-refractivity contribution in [3.63, 3.8) is 0 Å². The molecule has 0 N–H and O–H groups in total. The first-order chi connectivity index (χ1) is 12.3. The zero-order valence-corrected chi connectivity index (χ0v) is 15.2. The molecule has 2 aromatic rings. The van der Waals surface area contributed by atoms with Gasteiger partial charge in [0, 0.05) is 43.8 Å². The van der Waals surface area contributed by atoms with E-state index in [-0.39, 0.29) is 0 Å². The molecular weight excluding hydrogens is 310 g/mol. The Morgan fingerprint density at radius 1 is 0.960 bits per heavy atom. The van der Waals surface area contributed by atoms with Gasteiger partial charge in [-0.2, -0.15) is 0 Å². The lowest BCUT2D eigenvalue weighted by Crippen LogP contribution is -2.36. The predicted molar refractivity (Wildman–Crippen MR) is 107 cm³/mol. The molecule has 1 heterocycles. The summed E-state index contributed by atoms with van der Waals surface area (Å²) in [5.41, 5.74) is 4.60. The van der Waals surface area contributed by atoms with E-state index in [2.05, 4.69) is 77.2 Å². The Labute approximate surface area is 150 Å². The van der Waals surface area contributed by atoms with Crippen molar-refractivity contribution in [1.29, 1.82) is 0 Å². The summed E-state index contributed by atoms with van der Waals surface area (Å²) >= 11 is 0. The van der Waals surface area contributed by atoms with E-state index in [1.165, 1.54) is 11.4 Å². The maximum atomic E-state index is 5.40. The molecule has 1 aliphatic rings. The monoisotopic (exact) mass is 337 g/mol. The second-order valence-corrected chi connectivity index (χ2v) is 6.14. The minimum atomic E-state index is 0.812. The van der Waals surface area contributed by atoms with Gasteiger partial charge in [-0.25, -0.2) is 0 Å². The number of hydrogen-bond acceptors (Lipinski definition) is 4. The summed E-state index contributed by atoms with van der Waals surface area (Å²) in [6, 6.07) is 17.0. The summed E-state index contributed by atoms with van der Waals surface area (Å²) in [5.74, 6) is 0. The van der Waals surface area contributed by atoms with Crippen molar-refractivity contribution in [3.05, 3.63) is 54.1 Å². The van der Waals surface area contributed by atoms with Gasteiger partial charge in [-0.15, -0.1) is 0 Å². The van der Waals surface area contributed by atoms with E-state index >= 15 is 0 Å². The van der Waals surface area contributed by atoms with Crippen LogP contribution in [0.1, 0.15) is 19.4 Å². The third-order valence-corrected chi connectivity index (χ3v) is 4.61. The Morgan fingerprint density at radius 2 is 1.60 bits per heavy atom. The highest BCUT2D eigenvalue weighted by atomic mass is 16.5. The van der Waals surface area contributed by atoms with Gasteiger partial charge in [-0.3, -0.25) is 4.99 Å². The number of morpholine rings is 1. The maximum Gasteiger partial charge on any atom is 0.0642 e. The van der Waals surface area contributed by atoms with Gasteiger partial charge in [0.1, 0.15) is 0 Å². The first-order valence-electron chi connectivity index (χ1n) is 9.12. The van der Waals surface area contributed by atoms with Crippen LogP contribution in [0.5, 0.6) is 0 Å². The average molecular weight is 337 g/mol. The van der Waals surface area contributed by atoms with Crippen LogP contribution in [0.25, 0.3) is 0 Å². The molecule has 1 aliphatic heterocycles. The van der Waals surface area contributed by atoms with Crippen molar-refractivity contribution in [3.8, 4) is 0 Å². The van der Waals surface area contributed by atoms with Crippen molar-refractivity contribution >= 4 is 23.3 Å². The number of aliphatic imine (C=N–C) groups is 1. The molecule has 0 unspecified atom stereocenters. The van der Waals surface area contributed by atoms with Crippen LogP contribution in [-0.4, -0.2) is 45.6 Å². The van der Waals surface area contributed by atoms with Gasteiger partial charge in [-0.1, -0.05) is 12.1 Å². The molecule has 132 valence electrons. The minimum absolute atomic E-state index is 0.812. The molecule has 1 fully saturated rings. The molecule has 4 nitrogen and oxygen atoms in total. The molecule has 0 amide bonds. The highest BCUT2D eigenvalue weighted by Gasteiger charge is 2.10. The second-order valence-electron chi connectivity index (χ2n) is 6.14. The van der Waals surface area contributed by atoms with Crippen molar-refractivity contribution < 1.29 is 4.74 Å². The molecular formula is C21H27N3O. The van der Waals surface area contributed by atoms with Crippen LogP contribution in [-0.2, 0) is 4.74 Å². The summed E-state index contributed by atoms with van der Waals surface area (Å²) in [4.78, 5) is 9.28. The number of rotatable bonds is 6. The lowest BCUT2D eigenvalue weighted by molar-refractivity contribution is 0.122. The second kappa shape index (κ2) is 8.67. The number of nitrogens with zero attached hydrogens (tertiary/aromatic N) is 3. The van der Waals surface area contributed by atoms with Gasteiger partial charge in [0.2, 0.25) is 0 Å². The standard InChI is InChI=1S/C21H27N3O/c1-3-23(4-2)20-11-7-19(8-12-20)22-17-18-5-9-21(10-6-18)24-13-15-25-16-14-24/h5-12,17H,3-4,13-16H2,1-2H3. The molecule has 4 heteroatoms. The van der Waals surface area contributed by atoms with Gasteiger partial charge in [0.25, 0.3) is 0 Å². The third-order valence-electron chi connectivity index (χ3n) is 4.61. The quantitative estimate of drug-likeness (QED) is 0.742. The SMILES string of the molecule is CCN(CC)c1ccc(N=Cc2ccc(N3CCOCC3)cc2)cc1. The number of anilines is 2. The van der Waals surface area contributed by atoms with Crippen LogP contribution in [0, 0.1) is 0 Å². The zero-order chi connectivity index (χ0) is 17.5. The van der Waals surface area contributed by atoms with Crippen LogP contribution in [0.4, 0.5) is 17.1 Å². The highest BCUT2D eigenvalue weighted by Crippen LogP contribution is 2.20. The molecule has 0 saturated carbocycles. The van der Waals surface area contributed by atoms with Crippen molar-refractivity contribution in [2.24, 2.45) is 4.99 Å². The Kier molecular flexibility index (Phi) is 6.07. The summed E-state index contributed by atoms with van der Waals surface area (Å²) in [5, 5.41) is 0. The maximum absolute atomic E-state index is 5.40. The Bertz CT molecular complexity index is 669. The van der Waals surface area contributed by atoms with Crippen LogP contribution >= 0.6 is 0 Å². The van der Waals surface area contributed by atoms with E-state index in [0.717, 1.165) is 50.6 Å². The fourth-order valence-electron chi connectivity index (χ4n) is 3.08. The fraction of sp³-hybridized carbons (Fsp3) is 0.381. The van der Waals surface area contributed by atoms with Crippen LogP contribution < -0.4 is 9.80 Å². The molecule has 3 rings (SSSR count). The molecule has 0 bridgehead atoms. The lowest BCUT2D eigenvalue weighted by Gasteiger charge is -2.28. The number of benzene rings is 2. The summed E-state index contributed by atoms with van der Waals surface area (Å²) in [6.45, 7) is 9.95. The van der Waals surface area contributed by atoms with Crippen LogP contribution in [0.3, 0.4) is 0 Å². The van der Waals surface area contributed by atoms with E-state index < -0.39 is 0 Å². The predicted octanol–water partition coefficient (Wildman–Crippen LogP) is 4.12. The van der Waals surface area contributed by atoms with Crippen LogP contribution in [0.2, 0.25) is 0 Å². The van der Waals surface area contributed by atoms with Crippen LogP contribution in [0.15, 0.2) is 53.5 Å². The van der Waals surface area contributed by atoms with Gasteiger partial charge >= 0.3 is 0 Å². The first-order valence-corrected chi connectivity index (χ1v) is 9.12. The van der Waals surface area contributed by atoms with E-state index in [9.17, 15) is 0 Å². The van der Waals surface area contributed by atoms with E-state index in [0.29, 0.717) is 0 Å². The summed E-state index contributed by atoms with van der Waals surface area (Å²) in [6.07, 6.45) is 1.93. The smallest absolute Gasteiger partial charge is 0.0642 e. The number of hydrogen-bond donors (Lipinski definition) is 0. The molecule has 25 heavy (non-hydrogen) atoms. The third kappa shape index (κ3) is 4.60. The molecule has 1 saturated heterocycles. The van der Waals surface area contributed by atoms with E-state index in [1.54, 1.807) is 0 Å². The first kappa shape index (κ1) is 17.5. The largest absolute Gasteiger partial charge is 0.378 e. The fourth-order valence-corrected chi connectivity index (χ4v) is 3.08. The van der Waals surface area contributed by atoms with Gasteiger partial charge < -0.3 is 14.5 Å². The van der Waals surface area contributed by atoms with Gasteiger partial charge in [0.05, 0.1) is 18.9 Å². The molecule has 0 aromatic heterocycles. The van der Waals surface area contributed by atoms with Gasteiger partial charge in [0.15, 0.2) is 0 Å². The lowest BCUT2D eigenvalue weighted by atomic mass is 10.2. The average Bonchev–Trinajstić information content (AvgIpc) is 2.69. The zero-order valence-electron chi connectivity index (χ0n) is 15.2. The summed E-state index contributed by atoms with van der Waals surface area (Å²) in [7, 11) is 0. The molecule has 0 atom stereocenters. The van der Waals surface area contributed by atoms with Crippen molar-refractivity contribution in [2.75, 3.05) is 49.2 Å².